The molecule has 0 bridgehead atoms. The summed E-state index contributed by atoms with van der Waals surface area (Å²) >= 11 is 0. The molecule has 46 heavy (non-hydrogen) atoms. The molecule has 0 aliphatic carbocycles. The standard InChI is InChI=1S/C28H37N3O15/c1-14(32)39-12-22-21(41-16(3)34)7-8-24(45-22)38-10-9-20-11-31(30-29-20)28-27(44-19(6)37)26(43-18(5)36)25(42-17(4)35)23(46-28)13-40-15(2)33/h7-8,11,21-28H,9-10,12-13H2,1-6H3/t21-,22+,23+,24-,25+,26-,27+,28+/m0/s1. The van der Waals surface area contributed by atoms with Gasteiger partial charge in [-0.1, -0.05) is 5.21 Å². The smallest absolute Gasteiger partial charge is 0.303 e. The Morgan fingerprint density at radius 1 is 0.696 bits per heavy atom. The number of rotatable bonds is 13. The Kier molecular flexibility index (Phi) is 13.1. The molecule has 1 fully saturated rings. The monoisotopic (exact) mass is 655 g/mol. The van der Waals surface area contributed by atoms with E-state index in [1.54, 1.807) is 12.2 Å². The summed E-state index contributed by atoms with van der Waals surface area (Å²) in [4.78, 5) is 70.3. The number of hydrogen-bond donors (Lipinski definition) is 0. The van der Waals surface area contributed by atoms with E-state index in [0.717, 1.165) is 20.8 Å². The van der Waals surface area contributed by atoms with E-state index < -0.39 is 91.6 Å². The number of esters is 6. The van der Waals surface area contributed by atoms with Crippen molar-refractivity contribution in [3.05, 3.63) is 24.0 Å². The normalized spacial score (nSPS) is 27.2. The van der Waals surface area contributed by atoms with Gasteiger partial charge >= 0.3 is 35.8 Å². The maximum absolute atomic E-state index is 12.1. The Balaban J connectivity index is 1.76. The SMILES string of the molecule is CC(=O)OC[C@H]1O[C@@H](n2cc(CCO[C@@H]3C=C[C@H](OC(C)=O)[C@@H](COC(C)=O)O3)nn2)[C@H](OC(C)=O)[C@@H](OC(C)=O)[C@@H]1OC(C)=O. The first-order valence-electron chi connectivity index (χ1n) is 14.2. The van der Waals surface area contributed by atoms with E-state index in [0.29, 0.717) is 5.69 Å². The highest BCUT2D eigenvalue weighted by molar-refractivity contribution is 5.69. The van der Waals surface area contributed by atoms with Gasteiger partial charge in [-0.05, 0) is 12.2 Å². The van der Waals surface area contributed by atoms with Gasteiger partial charge in [-0.2, -0.15) is 0 Å². The first kappa shape index (κ1) is 36.1. The second-order valence-corrected chi connectivity index (χ2v) is 10.2. The summed E-state index contributed by atoms with van der Waals surface area (Å²) in [7, 11) is 0. The van der Waals surface area contributed by atoms with Crippen LogP contribution in [0, 0.1) is 0 Å². The van der Waals surface area contributed by atoms with E-state index >= 15 is 0 Å². The predicted octanol–water partition coefficient (Wildman–Crippen LogP) is -0.131. The van der Waals surface area contributed by atoms with Crippen LogP contribution in [0.2, 0.25) is 0 Å². The minimum atomic E-state index is -1.37. The molecular weight excluding hydrogens is 618 g/mol. The first-order chi connectivity index (χ1) is 21.7. The number of carbonyl (C=O) groups excluding carboxylic acids is 6. The van der Waals surface area contributed by atoms with E-state index in [4.69, 9.17) is 42.6 Å². The predicted molar refractivity (Wildman–Crippen MR) is 147 cm³/mol. The lowest BCUT2D eigenvalue weighted by Crippen LogP contribution is -2.60. The van der Waals surface area contributed by atoms with E-state index in [9.17, 15) is 28.8 Å². The summed E-state index contributed by atoms with van der Waals surface area (Å²) in [5, 5.41) is 8.19. The van der Waals surface area contributed by atoms with Gasteiger partial charge in [0.25, 0.3) is 0 Å². The molecule has 0 N–H and O–H groups in total. The molecule has 0 amide bonds. The summed E-state index contributed by atoms with van der Waals surface area (Å²) in [6.07, 6.45) is -4.09. The Morgan fingerprint density at radius 2 is 1.26 bits per heavy atom. The molecule has 0 saturated carbocycles. The number of hydrogen-bond acceptors (Lipinski definition) is 17. The average Bonchev–Trinajstić information content (AvgIpc) is 3.41. The van der Waals surface area contributed by atoms with Crippen molar-refractivity contribution in [2.24, 2.45) is 0 Å². The average molecular weight is 656 g/mol. The molecule has 2 aliphatic heterocycles. The van der Waals surface area contributed by atoms with E-state index in [1.807, 2.05) is 0 Å². The highest BCUT2D eigenvalue weighted by Crippen LogP contribution is 2.34. The van der Waals surface area contributed by atoms with E-state index in [1.165, 1.54) is 31.6 Å². The summed E-state index contributed by atoms with van der Waals surface area (Å²) in [5.74, 6) is -3.99. The van der Waals surface area contributed by atoms with Crippen LogP contribution in [0.5, 0.6) is 0 Å². The van der Waals surface area contributed by atoms with Crippen LogP contribution in [-0.2, 0) is 77.8 Å². The minimum Gasteiger partial charge on any atom is -0.463 e. The first-order valence-corrected chi connectivity index (χ1v) is 14.2. The van der Waals surface area contributed by atoms with Gasteiger partial charge in [0, 0.05) is 48.0 Å². The van der Waals surface area contributed by atoms with Crippen molar-refractivity contribution in [3.8, 4) is 0 Å². The topological polar surface area (TPSA) is 216 Å². The molecule has 18 heteroatoms. The summed E-state index contributed by atoms with van der Waals surface area (Å²) < 4.78 is 50.4. The van der Waals surface area contributed by atoms with Crippen LogP contribution in [0.3, 0.4) is 0 Å². The molecule has 0 aromatic carbocycles. The van der Waals surface area contributed by atoms with Crippen molar-refractivity contribution >= 4 is 35.8 Å². The van der Waals surface area contributed by atoms with Crippen LogP contribution >= 0.6 is 0 Å². The number of ether oxygens (including phenoxy) is 9. The van der Waals surface area contributed by atoms with Gasteiger partial charge < -0.3 is 42.6 Å². The molecule has 3 heterocycles. The van der Waals surface area contributed by atoms with Crippen molar-refractivity contribution < 1.29 is 71.4 Å². The van der Waals surface area contributed by atoms with Gasteiger partial charge in [-0.3, -0.25) is 28.8 Å². The lowest BCUT2D eigenvalue weighted by Gasteiger charge is -2.44. The van der Waals surface area contributed by atoms with Crippen molar-refractivity contribution in [3.63, 3.8) is 0 Å². The van der Waals surface area contributed by atoms with Crippen molar-refractivity contribution in [1.82, 2.24) is 15.0 Å². The van der Waals surface area contributed by atoms with Crippen LogP contribution in [-0.4, -0.2) is 114 Å². The molecule has 0 radical (unpaired) electrons. The third-order valence-corrected chi connectivity index (χ3v) is 6.31. The van der Waals surface area contributed by atoms with Gasteiger partial charge in [-0.25, -0.2) is 4.68 Å². The summed E-state index contributed by atoms with van der Waals surface area (Å²) in [6.45, 7) is 6.54. The fraction of sp³-hybridized carbons (Fsp3) is 0.643. The molecule has 8 atom stereocenters. The molecule has 2 aliphatic rings. The molecule has 0 unspecified atom stereocenters. The number of nitrogens with zero attached hydrogens (tertiary/aromatic N) is 3. The maximum Gasteiger partial charge on any atom is 0.303 e. The lowest BCUT2D eigenvalue weighted by atomic mass is 9.97. The van der Waals surface area contributed by atoms with Crippen molar-refractivity contribution in [1.29, 1.82) is 0 Å². The zero-order valence-electron chi connectivity index (χ0n) is 26.1. The van der Waals surface area contributed by atoms with Crippen LogP contribution in [0.1, 0.15) is 53.5 Å². The fourth-order valence-corrected chi connectivity index (χ4v) is 4.60. The van der Waals surface area contributed by atoms with Crippen LogP contribution in [0.25, 0.3) is 0 Å². The molecular formula is C28H37N3O15. The largest absolute Gasteiger partial charge is 0.463 e. The molecule has 18 nitrogen and oxygen atoms in total. The quantitative estimate of drug-likeness (QED) is 0.154. The molecule has 1 saturated heterocycles. The van der Waals surface area contributed by atoms with Gasteiger partial charge in [-0.15, -0.1) is 5.10 Å². The molecule has 254 valence electrons. The Morgan fingerprint density at radius 3 is 1.85 bits per heavy atom. The minimum absolute atomic E-state index is 0.0742. The van der Waals surface area contributed by atoms with Gasteiger partial charge in [0.15, 0.2) is 30.8 Å². The third-order valence-electron chi connectivity index (χ3n) is 6.31. The number of aromatic nitrogens is 3. The van der Waals surface area contributed by atoms with Crippen molar-refractivity contribution in [2.75, 3.05) is 19.8 Å². The van der Waals surface area contributed by atoms with Crippen LogP contribution < -0.4 is 0 Å². The number of carbonyl (C=O) groups is 6. The molecule has 1 aromatic heterocycles. The third kappa shape index (κ3) is 10.9. The van der Waals surface area contributed by atoms with Crippen LogP contribution in [0.15, 0.2) is 18.3 Å². The Hall–Kier alpha value is -4.42. The second-order valence-electron chi connectivity index (χ2n) is 10.2. The maximum atomic E-state index is 12.1. The molecule has 0 spiro atoms. The van der Waals surface area contributed by atoms with E-state index in [-0.39, 0.29) is 19.6 Å². The Labute approximate surface area is 263 Å². The Bertz CT molecular complexity index is 1300. The lowest BCUT2D eigenvalue weighted by molar-refractivity contribution is -0.270. The highest BCUT2D eigenvalue weighted by atomic mass is 16.7. The highest BCUT2D eigenvalue weighted by Gasteiger charge is 2.53. The van der Waals surface area contributed by atoms with Gasteiger partial charge in [0.2, 0.25) is 0 Å². The summed E-state index contributed by atoms with van der Waals surface area (Å²) in [5.41, 5.74) is 0.405. The fourth-order valence-electron chi connectivity index (χ4n) is 4.60. The zero-order chi connectivity index (χ0) is 34.0. The molecule has 1 aromatic rings. The van der Waals surface area contributed by atoms with Crippen LogP contribution in [0.4, 0.5) is 0 Å². The second kappa shape index (κ2) is 16.8. The van der Waals surface area contributed by atoms with Gasteiger partial charge in [0.05, 0.1) is 18.5 Å². The van der Waals surface area contributed by atoms with Gasteiger partial charge in [0.1, 0.15) is 31.5 Å². The van der Waals surface area contributed by atoms with Crippen molar-refractivity contribution in [2.45, 2.75) is 97.1 Å². The summed E-state index contributed by atoms with van der Waals surface area (Å²) in [6, 6.07) is 0. The zero-order valence-corrected chi connectivity index (χ0v) is 26.1. The molecule has 3 rings (SSSR count). The van der Waals surface area contributed by atoms with E-state index in [2.05, 4.69) is 10.3 Å².